The summed E-state index contributed by atoms with van der Waals surface area (Å²) in [4.78, 5) is 19.4. The van der Waals surface area contributed by atoms with Crippen LogP contribution in [0.1, 0.15) is 42.7 Å². The van der Waals surface area contributed by atoms with E-state index in [4.69, 9.17) is 0 Å². The number of hydrogen-bond acceptors (Lipinski definition) is 6. The highest BCUT2D eigenvalue weighted by atomic mass is 32.2. The van der Waals surface area contributed by atoms with E-state index in [9.17, 15) is 13.2 Å². The molecule has 0 radical (unpaired) electrons. The second-order valence-electron chi connectivity index (χ2n) is 4.14. The molecular weight excluding hydrogens is 270 g/mol. The van der Waals surface area contributed by atoms with Gasteiger partial charge in [0.05, 0.1) is 24.1 Å². The van der Waals surface area contributed by atoms with Crippen LogP contribution in [0.5, 0.6) is 0 Å². The van der Waals surface area contributed by atoms with Crippen molar-refractivity contribution >= 4 is 21.9 Å². The van der Waals surface area contributed by atoms with Crippen molar-refractivity contribution < 1.29 is 17.9 Å². The molecule has 0 bridgehead atoms. The van der Waals surface area contributed by atoms with Crippen LogP contribution in [-0.2, 0) is 14.8 Å². The van der Waals surface area contributed by atoms with Gasteiger partial charge in [-0.2, -0.15) is 0 Å². The standard InChI is InChI=1S/C11H17N3O4S/c1-5-19(16,17)14-11-12-6-8(10(15)18-4)9(13-11)7(2)3/h6-7H,5H2,1-4H3,(H,12,13,14). The fraction of sp³-hybridized carbons (Fsp3) is 0.545. The molecule has 0 aliphatic heterocycles. The van der Waals surface area contributed by atoms with Crippen LogP contribution >= 0.6 is 0 Å². The van der Waals surface area contributed by atoms with Gasteiger partial charge in [0.2, 0.25) is 16.0 Å². The summed E-state index contributed by atoms with van der Waals surface area (Å²) in [6, 6.07) is 0. The van der Waals surface area contributed by atoms with Crippen molar-refractivity contribution in [3.05, 3.63) is 17.5 Å². The van der Waals surface area contributed by atoms with Crippen molar-refractivity contribution in [1.29, 1.82) is 0 Å². The molecule has 1 N–H and O–H groups in total. The molecule has 0 spiro atoms. The zero-order valence-electron chi connectivity index (χ0n) is 11.3. The summed E-state index contributed by atoms with van der Waals surface area (Å²) in [5, 5.41) is 0. The lowest BCUT2D eigenvalue weighted by atomic mass is 10.1. The van der Waals surface area contributed by atoms with Crippen molar-refractivity contribution in [2.45, 2.75) is 26.7 Å². The van der Waals surface area contributed by atoms with Crippen LogP contribution in [0.25, 0.3) is 0 Å². The first-order chi connectivity index (χ1) is 8.80. The molecule has 7 nitrogen and oxygen atoms in total. The molecule has 0 aromatic carbocycles. The van der Waals surface area contributed by atoms with E-state index in [1.807, 2.05) is 13.8 Å². The molecule has 19 heavy (non-hydrogen) atoms. The molecule has 0 atom stereocenters. The first-order valence-corrected chi connectivity index (χ1v) is 7.41. The molecule has 106 valence electrons. The highest BCUT2D eigenvalue weighted by Crippen LogP contribution is 2.19. The largest absolute Gasteiger partial charge is 0.465 e. The molecule has 0 saturated carbocycles. The van der Waals surface area contributed by atoms with Gasteiger partial charge in [-0.15, -0.1) is 0 Å². The predicted molar refractivity (Wildman–Crippen MR) is 70.5 cm³/mol. The topological polar surface area (TPSA) is 98.2 Å². The number of nitrogens with zero attached hydrogens (tertiary/aromatic N) is 2. The number of methoxy groups -OCH3 is 1. The van der Waals surface area contributed by atoms with Crippen LogP contribution in [0.2, 0.25) is 0 Å². The number of carbonyl (C=O) groups is 1. The Labute approximate surface area is 112 Å². The van der Waals surface area contributed by atoms with Gasteiger partial charge in [-0.25, -0.2) is 23.2 Å². The third kappa shape index (κ3) is 3.88. The van der Waals surface area contributed by atoms with E-state index in [1.165, 1.54) is 20.2 Å². The Kier molecular flexibility index (Phi) is 4.82. The molecule has 0 fully saturated rings. The molecule has 8 heteroatoms. The lowest BCUT2D eigenvalue weighted by molar-refractivity contribution is 0.0598. The first-order valence-electron chi connectivity index (χ1n) is 5.76. The molecule has 1 heterocycles. The molecule has 1 aromatic heterocycles. The highest BCUT2D eigenvalue weighted by Gasteiger charge is 2.19. The van der Waals surface area contributed by atoms with Gasteiger partial charge in [-0.05, 0) is 12.8 Å². The molecular formula is C11H17N3O4S. The normalized spacial score (nSPS) is 11.4. The summed E-state index contributed by atoms with van der Waals surface area (Å²) < 4.78 is 29.8. The Morgan fingerprint density at radius 3 is 2.58 bits per heavy atom. The number of nitrogens with one attached hydrogen (secondary N) is 1. The molecule has 0 saturated heterocycles. The van der Waals surface area contributed by atoms with Gasteiger partial charge in [-0.3, -0.25) is 4.72 Å². The number of rotatable bonds is 5. The molecule has 0 unspecified atom stereocenters. The summed E-state index contributed by atoms with van der Waals surface area (Å²) in [5.74, 6) is -0.736. The minimum atomic E-state index is -3.44. The van der Waals surface area contributed by atoms with Crippen molar-refractivity contribution in [2.75, 3.05) is 17.6 Å². The average Bonchev–Trinajstić information content (AvgIpc) is 2.37. The molecule has 0 aliphatic carbocycles. The van der Waals surface area contributed by atoms with Crippen molar-refractivity contribution in [3.63, 3.8) is 0 Å². The Hall–Kier alpha value is -1.70. The fourth-order valence-electron chi connectivity index (χ4n) is 1.36. The summed E-state index contributed by atoms with van der Waals surface area (Å²) in [6.45, 7) is 5.19. The van der Waals surface area contributed by atoms with E-state index < -0.39 is 16.0 Å². The fourth-order valence-corrected chi connectivity index (χ4v) is 1.88. The van der Waals surface area contributed by atoms with Gasteiger partial charge < -0.3 is 4.74 Å². The van der Waals surface area contributed by atoms with E-state index in [2.05, 4.69) is 19.4 Å². The van der Waals surface area contributed by atoms with E-state index >= 15 is 0 Å². The molecule has 1 rings (SSSR count). The maximum atomic E-state index is 11.6. The highest BCUT2D eigenvalue weighted by molar-refractivity contribution is 7.92. The zero-order valence-corrected chi connectivity index (χ0v) is 12.1. The van der Waals surface area contributed by atoms with E-state index in [0.29, 0.717) is 5.69 Å². The Morgan fingerprint density at radius 1 is 1.47 bits per heavy atom. The lowest BCUT2D eigenvalue weighted by Gasteiger charge is -2.12. The van der Waals surface area contributed by atoms with Crippen LogP contribution in [0.4, 0.5) is 5.95 Å². The van der Waals surface area contributed by atoms with Crippen molar-refractivity contribution in [3.8, 4) is 0 Å². The van der Waals surface area contributed by atoms with E-state index in [-0.39, 0.29) is 23.2 Å². The smallest absolute Gasteiger partial charge is 0.341 e. The van der Waals surface area contributed by atoms with Gasteiger partial charge >= 0.3 is 5.97 Å². The Morgan fingerprint density at radius 2 is 2.11 bits per heavy atom. The molecule has 0 aliphatic rings. The summed E-state index contributed by atoms with van der Waals surface area (Å²) >= 11 is 0. The van der Waals surface area contributed by atoms with Gasteiger partial charge in [0.1, 0.15) is 0 Å². The summed E-state index contributed by atoms with van der Waals surface area (Å²) in [6.07, 6.45) is 1.27. The predicted octanol–water partition coefficient (Wildman–Crippen LogP) is 1.15. The van der Waals surface area contributed by atoms with Crippen LogP contribution < -0.4 is 4.72 Å². The maximum absolute atomic E-state index is 11.6. The minimum absolute atomic E-state index is 0.0433. The number of aromatic nitrogens is 2. The first kappa shape index (κ1) is 15.4. The monoisotopic (exact) mass is 287 g/mol. The Balaban J connectivity index is 3.20. The van der Waals surface area contributed by atoms with Crippen LogP contribution in [0.3, 0.4) is 0 Å². The number of carbonyl (C=O) groups excluding carboxylic acids is 1. The third-order valence-electron chi connectivity index (χ3n) is 2.40. The number of anilines is 1. The summed E-state index contributed by atoms with van der Waals surface area (Å²) in [5.41, 5.74) is 0.674. The number of esters is 1. The zero-order chi connectivity index (χ0) is 14.6. The molecule has 0 amide bonds. The van der Waals surface area contributed by atoms with E-state index in [0.717, 1.165) is 0 Å². The summed E-state index contributed by atoms with van der Waals surface area (Å²) in [7, 11) is -2.18. The number of sulfonamides is 1. The quantitative estimate of drug-likeness (QED) is 0.816. The molecule has 1 aromatic rings. The van der Waals surface area contributed by atoms with Gasteiger partial charge in [0.15, 0.2) is 0 Å². The second-order valence-corrected chi connectivity index (χ2v) is 6.16. The second kappa shape index (κ2) is 5.96. The van der Waals surface area contributed by atoms with Crippen molar-refractivity contribution in [2.24, 2.45) is 0 Å². The van der Waals surface area contributed by atoms with Gasteiger partial charge in [0, 0.05) is 6.20 Å². The SMILES string of the molecule is CCS(=O)(=O)Nc1ncc(C(=O)OC)c(C(C)C)n1. The maximum Gasteiger partial charge on any atom is 0.341 e. The van der Waals surface area contributed by atoms with E-state index in [1.54, 1.807) is 0 Å². The Bertz CT molecular complexity index is 569. The van der Waals surface area contributed by atoms with Crippen LogP contribution in [-0.4, -0.2) is 37.2 Å². The average molecular weight is 287 g/mol. The lowest BCUT2D eigenvalue weighted by Crippen LogP contribution is -2.18. The minimum Gasteiger partial charge on any atom is -0.465 e. The number of hydrogen-bond donors (Lipinski definition) is 1. The number of ether oxygens (including phenoxy) is 1. The van der Waals surface area contributed by atoms with Gasteiger partial charge in [0.25, 0.3) is 0 Å². The van der Waals surface area contributed by atoms with Gasteiger partial charge in [-0.1, -0.05) is 13.8 Å². The third-order valence-corrected chi connectivity index (χ3v) is 3.65. The van der Waals surface area contributed by atoms with Crippen molar-refractivity contribution in [1.82, 2.24) is 9.97 Å². The van der Waals surface area contributed by atoms with Crippen LogP contribution in [0, 0.1) is 0 Å². The van der Waals surface area contributed by atoms with Crippen LogP contribution in [0.15, 0.2) is 6.20 Å².